The lowest BCUT2D eigenvalue weighted by Gasteiger charge is -2.29. The second-order valence-corrected chi connectivity index (χ2v) is 8.58. The van der Waals surface area contributed by atoms with Crippen molar-refractivity contribution < 1.29 is 0 Å². The minimum atomic E-state index is 0. The van der Waals surface area contributed by atoms with Crippen LogP contribution in [0.15, 0.2) is 6.07 Å². The number of hydrogen-bond acceptors (Lipinski definition) is 5. The van der Waals surface area contributed by atoms with Crippen LogP contribution in [0, 0.1) is 10.8 Å². The summed E-state index contributed by atoms with van der Waals surface area (Å²) in [6.07, 6.45) is 0. The highest BCUT2D eigenvalue weighted by Crippen LogP contribution is 2.56. The number of halogens is 2. The third-order valence-electron chi connectivity index (χ3n) is 6.57. The summed E-state index contributed by atoms with van der Waals surface area (Å²) in [7, 11) is 4.60. The van der Waals surface area contributed by atoms with Crippen LogP contribution in [0.1, 0.15) is 11.4 Å². The van der Waals surface area contributed by atoms with Gasteiger partial charge in [0, 0.05) is 69.7 Å². The molecule has 6 nitrogen and oxygen atoms in total. The molecule has 1 aromatic heterocycles. The predicted octanol–water partition coefficient (Wildman–Crippen LogP) is 0.509. The van der Waals surface area contributed by atoms with Crippen LogP contribution in [0.2, 0.25) is 0 Å². The molecule has 4 aliphatic heterocycles. The van der Waals surface area contributed by atoms with Crippen molar-refractivity contribution in [1.29, 1.82) is 0 Å². The van der Waals surface area contributed by atoms with Gasteiger partial charge in [-0.3, -0.25) is 9.58 Å². The first-order chi connectivity index (χ1) is 11.1. The highest BCUT2D eigenvalue weighted by atomic mass is 35.5. The van der Waals surface area contributed by atoms with Gasteiger partial charge in [-0.15, -0.1) is 24.8 Å². The van der Waals surface area contributed by atoms with E-state index in [1.54, 1.807) is 0 Å². The molecule has 1 aromatic rings. The van der Waals surface area contributed by atoms with Crippen molar-refractivity contribution in [2.45, 2.75) is 19.6 Å². The topological polar surface area (TPSA) is 39.6 Å². The Labute approximate surface area is 162 Å². The lowest BCUT2D eigenvalue weighted by molar-refractivity contribution is 0.185. The van der Waals surface area contributed by atoms with E-state index in [9.17, 15) is 0 Å². The molecule has 0 aliphatic carbocycles. The largest absolute Gasteiger partial charge is 0.309 e. The lowest BCUT2D eigenvalue weighted by Crippen LogP contribution is -2.38. The van der Waals surface area contributed by atoms with Crippen LogP contribution in [0.5, 0.6) is 0 Å². The molecule has 0 spiro atoms. The molecule has 8 heteroatoms. The third-order valence-corrected chi connectivity index (χ3v) is 6.57. The summed E-state index contributed by atoms with van der Waals surface area (Å²) in [5, 5.41) is 8.28. The maximum atomic E-state index is 4.84. The Kier molecular flexibility index (Phi) is 5.17. The summed E-state index contributed by atoms with van der Waals surface area (Å²) >= 11 is 0. The summed E-state index contributed by atoms with van der Waals surface area (Å²) in [5.41, 5.74) is 3.58. The molecule has 4 aliphatic rings. The van der Waals surface area contributed by atoms with E-state index >= 15 is 0 Å². The Bertz CT molecular complexity index is 571. The molecule has 0 unspecified atom stereocenters. The minimum Gasteiger partial charge on any atom is -0.309 e. The van der Waals surface area contributed by atoms with Gasteiger partial charge in [0.15, 0.2) is 0 Å². The van der Waals surface area contributed by atoms with E-state index in [0.717, 1.165) is 26.2 Å². The molecule has 142 valence electrons. The Morgan fingerprint density at radius 1 is 1.00 bits per heavy atom. The fourth-order valence-electron chi connectivity index (χ4n) is 6.07. The predicted molar refractivity (Wildman–Crippen MR) is 104 cm³/mol. The van der Waals surface area contributed by atoms with Crippen LogP contribution in [0.25, 0.3) is 0 Å². The number of nitrogens with one attached hydrogen (secondary N) is 1. The number of nitrogens with zero attached hydrogens (tertiary/aromatic N) is 5. The molecule has 3 saturated heterocycles. The van der Waals surface area contributed by atoms with Crippen LogP contribution in [-0.4, -0.2) is 84.4 Å². The molecule has 5 rings (SSSR count). The standard InChI is InChI=1S/C17H28N6.2ClH/c1-20-8-16-10-21(2)11-17(16,9-20)13-22(12-16)7-14-5-15-6-18-3-4-23(15)19-14;;/h5,18H,3-4,6-13H2,1-2H3;2*1H. The first-order valence-corrected chi connectivity index (χ1v) is 8.93. The number of likely N-dealkylation sites (tertiary alicyclic amines) is 3. The van der Waals surface area contributed by atoms with Gasteiger partial charge >= 0.3 is 0 Å². The summed E-state index contributed by atoms with van der Waals surface area (Å²) in [4.78, 5) is 7.80. The van der Waals surface area contributed by atoms with E-state index in [4.69, 9.17) is 5.10 Å². The van der Waals surface area contributed by atoms with Gasteiger partial charge in [0.2, 0.25) is 0 Å². The van der Waals surface area contributed by atoms with Gasteiger partial charge in [-0.25, -0.2) is 0 Å². The Balaban J connectivity index is 0.000000911. The van der Waals surface area contributed by atoms with Gasteiger partial charge in [0.25, 0.3) is 0 Å². The van der Waals surface area contributed by atoms with Gasteiger partial charge in [-0.2, -0.15) is 5.10 Å². The summed E-state index contributed by atoms with van der Waals surface area (Å²) in [6, 6.07) is 2.31. The van der Waals surface area contributed by atoms with Crippen LogP contribution in [0.3, 0.4) is 0 Å². The zero-order chi connectivity index (χ0) is 15.7. The van der Waals surface area contributed by atoms with Crippen LogP contribution >= 0.6 is 24.8 Å². The highest BCUT2D eigenvalue weighted by molar-refractivity contribution is 5.85. The van der Waals surface area contributed by atoms with E-state index in [2.05, 4.69) is 44.9 Å². The minimum absolute atomic E-state index is 0. The SMILES string of the molecule is CN1CC23CN(C)CC2(C1)CN(Cc1cc2n(n1)CCNC2)C3.Cl.Cl. The molecular weight excluding hydrogens is 359 g/mol. The Morgan fingerprint density at radius 2 is 1.60 bits per heavy atom. The normalized spacial score (nSPS) is 35.0. The molecule has 5 heterocycles. The average molecular weight is 389 g/mol. The molecule has 0 atom stereocenters. The molecular formula is C17H30Cl2N6. The number of hydrogen-bond donors (Lipinski definition) is 1. The van der Waals surface area contributed by atoms with Crippen LogP contribution in [-0.2, 0) is 19.6 Å². The Morgan fingerprint density at radius 3 is 2.16 bits per heavy atom. The smallest absolute Gasteiger partial charge is 0.0768 e. The van der Waals surface area contributed by atoms with E-state index in [0.29, 0.717) is 10.8 Å². The van der Waals surface area contributed by atoms with Crippen molar-refractivity contribution in [3.8, 4) is 0 Å². The van der Waals surface area contributed by atoms with Crippen molar-refractivity contribution in [2.75, 3.05) is 59.9 Å². The number of rotatable bonds is 2. The number of fused-ring (bicyclic) bond motifs is 1. The van der Waals surface area contributed by atoms with E-state index in [-0.39, 0.29) is 24.8 Å². The van der Waals surface area contributed by atoms with Crippen LogP contribution in [0.4, 0.5) is 0 Å². The van der Waals surface area contributed by atoms with Crippen molar-refractivity contribution in [2.24, 2.45) is 10.8 Å². The summed E-state index contributed by atoms with van der Waals surface area (Å²) < 4.78 is 2.20. The lowest BCUT2D eigenvalue weighted by atomic mass is 9.71. The van der Waals surface area contributed by atoms with Crippen molar-refractivity contribution >= 4 is 24.8 Å². The second-order valence-electron chi connectivity index (χ2n) is 8.58. The third kappa shape index (κ3) is 2.91. The molecule has 0 saturated carbocycles. The van der Waals surface area contributed by atoms with Gasteiger partial charge in [0.1, 0.15) is 0 Å². The van der Waals surface area contributed by atoms with Crippen LogP contribution < -0.4 is 5.32 Å². The maximum Gasteiger partial charge on any atom is 0.0768 e. The van der Waals surface area contributed by atoms with E-state index < -0.39 is 0 Å². The van der Waals surface area contributed by atoms with E-state index in [1.165, 1.54) is 50.7 Å². The van der Waals surface area contributed by atoms with Gasteiger partial charge in [-0.05, 0) is 20.2 Å². The number of aromatic nitrogens is 2. The monoisotopic (exact) mass is 388 g/mol. The fourth-order valence-corrected chi connectivity index (χ4v) is 6.07. The highest BCUT2D eigenvalue weighted by Gasteiger charge is 2.65. The summed E-state index contributed by atoms with van der Waals surface area (Å²) in [6.45, 7) is 11.6. The second kappa shape index (κ2) is 6.66. The van der Waals surface area contributed by atoms with Crippen molar-refractivity contribution in [3.63, 3.8) is 0 Å². The van der Waals surface area contributed by atoms with Crippen molar-refractivity contribution in [1.82, 2.24) is 29.8 Å². The quantitative estimate of drug-likeness (QED) is 0.798. The molecule has 0 bridgehead atoms. The molecule has 25 heavy (non-hydrogen) atoms. The molecule has 0 aromatic carbocycles. The fraction of sp³-hybridized carbons (Fsp3) is 0.824. The van der Waals surface area contributed by atoms with Gasteiger partial charge < -0.3 is 15.1 Å². The Hall–Kier alpha value is -0.370. The molecule has 3 fully saturated rings. The van der Waals surface area contributed by atoms with Gasteiger partial charge in [-0.1, -0.05) is 0 Å². The summed E-state index contributed by atoms with van der Waals surface area (Å²) in [5.74, 6) is 0. The molecule has 1 N–H and O–H groups in total. The van der Waals surface area contributed by atoms with Gasteiger partial charge in [0.05, 0.1) is 17.9 Å². The zero-order valence-electron chi connectivity index (χ0n) is 15.2. The van der Waals surface area contributed by atoms with E-state index in [1.807, 2.05) is 0 Å². The first kappa shape index (κ1) is 19.4. The molecule has 0 radical (unpaired) electrons. The average Bonchev–Trinajstić information content (AvgIpc) is 3.09. The first-order valence-electron chi connectivity index (χ1n) is 8.93. The molecule has 0 amide bonds. The zero-order valence-corrected chi connectivity index (χ0v) is 16.8. The van der Waals surface area contributed by atoms with Crippen molar-refractivity contribution in [3.05, 3.63) is 17.5 Å². The maximum absolute atomic E-state index is 4.84.